The zero-order valence-corrected chi connectivity index (χ0v) is 12.1. The molecule has 2 aromatic carbocycles. The topological polar surface area (TPSA) is 64.3 Å². The monoisotopic (exact) mass is 284 g/mol. The minimum atomic E-state index is -0.689. The summed E-state index contributed by atoms with van der Waals surface area (Å²) in [6.07, 6.45) is 0.940. The summed E-state index contributed by atoms with van der Waals surface area (Å²) in [7, 11) is 0. The van der Waals surface area contributed by atoms with E-state index in [1.807, 2.05) is 55.5 Å². The van der Waals surface area contributed by atoms with Crippen LogP contribution < -0.4 is 15.8 Å². The summed E-state index contributed by atoms with van der Waals surface area (Å²) in [5.74, 6) is 0.497. The number of amides is 1. The van der Waals surface area contributed by atoms with Gasteiger partial charge >= 0.3 is 0 Å². The van der Waals surface area contributed by atoms with Gasteiger partial charge in [0.05, 0.1) is 6.61 Å². The fourth-order valence-corrected chi connectivity index (χ4v) is 1.92. The highest BCUT2D eigenvalue weighted by Gasteiger charge is 2.15. The molecule has 0 aliphatic rings. The highest BCUT2D eigenvalue weighted by atomic mass is 16.5. The van der Waals surface area contributed by atoms with Crippen LogP contribution in [0.1, 0.15) is 24.9 Å². The lowest BCUT2D eigenvalue weighted by Crippen LogP contribution is -2.27. The molecule has 2 aromatic rings. The number of ether oxygens (including phenoxy) is 1. The molecule has 0 radical (unpaired) electrons. The van der Waals surface area contributed by atoms with Gasteiger partial charge in [0.2, 0.25) is 5.91 Å². The number of hydrogen-bond acceptors (Lipinski definition) is 3. The lowest BCUT2D eigenvalue weighted by atomic mass is 10.1. The van der Waals surface area contributed by atoms with Crippen molar-refractivity contribution in [1.82, 2.24) is 0 Å². The van der Waals surface area contributed by atoms with Gasteiger partial charge in [0, 0.05) is 11.8 Å². The SMILES string of the molecule is CCCOc1cccc(NC(=O)[C@@H](N)c2ccccc2)c1. The zero-order valence-electron chi connectivity index (χ0n) is 12.1. The first-order valence-corrected chi connectivity index (χ1v) is 7.05. The molecule has 4 nitrogen and oxygen atoms in total. The minimum Gasteiger partial charge on any atom is -0.494 e. The maximum Gasteiger partial charge on any atom is 0.245 e. The fourth-order valence-electron chi connectivity index (χ4n) is 1.92. The summed E-state index contributed by atoms with van der Waals surface area (Å²) in [6.45, 7) is 2.70. The number of carbonyl (C=O) groups is 1. The number of hydrogen-bond donors (Lipinski definition) is 2. The third-order valence-electron chi connectivity index (χ3n) is 3.02. The summed E-state index contributed by atoms with van der Waals surface area (Å²) in [6, 6.07) is 15.9. The predicted octanol–water partition coefficient (Wildman–Crippen LogP) is 3.11. The van der Waals surface area contributed by atoms with Crippen molar-refractivity contribution in [2.75, 3.05) is 11.9 Å². The van der Waals surface area contributed by atoms with Crippen LogP contribution in [-0.4, -0.2) is 12.5 Å². The van der Waals surface area contributed by atoms with Crippen LogP contribution in [0, 0.1) is 0 Å². The van der Waals surface area contributed by atoms with E-state index in [2.05, 4.69) is 5.32 Å². The van der Waals surface area contributed by atoms with Gasteiger partial charge < -0.3 is 15.8 Å². The van der Waals surface area contributed by atoms with Crippen LogP contribution in [0.3, 0.4) is 0 Å². The molecule has 0 saturated heterocycles. The molecule has 0 unspecified atom stereocenters. The normalized spacial score (nSPS) is 11.7. The van der Waals surface area contributed by atoms with Crippen LogP contribution in [0.5, 0.6) is 5.75 Å². The van der Waals surface area contributed by atoms with Crippen molar-refractivity contribution in [3.05, 3.63) is 60.2 Å². The van der Waals surface area contributed by atoms with Gasteiger partial charge in [-0.15, -0.1) is 0 Å². The van der Waals surface area contributed by atoms with Crippen LogP contribution in [0.4, 0.5) is 5.69 Å². The summed E-state index contributed by atoms with van der Waals surface area (Å²) < 4.78 is 5.54. The molecule has 0 fully saturated rings. The third-order valence-corrected chi connectivity index (χ3v) is 3.02. The Balaban J connectivity index is 2.02. The molecule has 1 atom stereocenters. The standard InChI is InChI=1S/C17H20N2O2/c1-2-11-21-15-10-6-9-14(12-15)19-17(20)16(18)13-7-4-3-5-8-13/h3-10,12,16H,2,11,18H2,1H3,(H,19,20)/t16-/m0/s1. The zero-order chi connectivity index (χ0) is 15.1. The van der Waals surface area contributed by atoms with Crippen LogP contribution in [0.15, 0.2) is 54.6 Å². The molecule has 0 bridgehead atoms. The van der Waals surface area contributed by atoms with Crippen molar-refractivity contribution in [2.45, 2.75) is 19.4 Å². The van der Waals surface area contributed by atoms with Crippen molar-refractivity contribution < 1.29 is 9.53 Å². The number of benzene rings is 2. The van der Waals surface area contributed by atoms with Crippen molar-refractivity contribution in [1.29, 1.82) is 0 Å². The second-order valence-corrected chi connectivity index (χ2v) is 4.75. The second kappa shape index (κ2) is 7.45. The number of anilines is 1. The number of carbonyl (C=O) groups excluding carboxylic acids is 1. The summed E-state index contributed by atoms with van der Waals surface area (Å²) >= 11 is 0. The third kappa shape index (κ3) is 4.33. The molecule has 0 saturated carbocycles. The Labute approximate surface area is 124 Å². The molecular weight excluding hydrogens is 264 g/mol. The average molecular weight is 284 g/mol. The van der Waals surface area contributed by atoms with E-state index in [-0.39, 0.29) is 5.91 Å². The molecule has 0 aliphatic heterocycles. The molecule has 0 heterocycles. The van der Waals surface area contributed by atoms with Gasteiger partial charge in [-0.05, 0) is 24.1 Å². The smallest absolute Gasteiger partial charge is 0.245 e. The maximum absolute atomic E-state index is 12.2. The number of nitrogens with one attached hydrogen (secondary N) is 1. The van der Waals surface area contributed by atoms with E-state index in [0.29, 0.717) is 12.3 Å². The van der Waals surface area contributed by atoms with Crippen LogP contribution >= 0.6 is 0 Å². The van der Waals surface area contributed by atoms with Gasteiger partial charge in [-0.3, -0.25) is 4.79 Å². The van der Waals surface area contributed by atoms with E-state index in [4.69, 9.17) is 10.5 Å². The predicted molar refractivity (Wildman–Crippen MR) is 84.2 cm³/mol. The van der Waals surface area contributed by atoms with Crippen molar-refractivity contribution in [3.63, 3.8) is 0 Å². The first-order chi connectivity index (χ1) is 10.2. The molecule has 4 heteroatoms. The molecule has 110 valence electrons. The molecular formula is C17H20N2O2. The van der Waals surface area contributed by atoms with E-state index < -0.39 is 6.04 Å². The van der Waals surface area contributed by atoms with Crippen LogP contribution in [0.25, 0.3) is 0 Å². The first kappa shape index (κ1) is 15.1. The highest BCUT2D eigenvalue weighted by Crippen LogP contribution is 2.19. The molecule has 1 amide bonds. The Morgan fingerprint density at radius 2 is 1.95 bits per heavy atom. The highest BCUT2D eigenvalue weighted by molar-refractivity contribution is 5.95. The molecule has 0 aromatic heterocycles. The van der Waals surface area contributed by atoms with Crippen molar-refractivity contribution in [2.24, 2.45) is 5.73 Å². The van der Waals surface area contributed by atoms with E-state index in [0.717, 1.165) is 17.7 Å². The lowest BCUT2D eigenvalue weighted by Gasteiger charge is -2.13. The van der Waals surface area contributed by atoms with E-state index in [1.165, 1.54) is 0 Å². The van der Waals surface area contributed by atoms with Crippen LogP contribution in [0.2, 0.25) is 0 Å². The van der Waals surface area contributed by atoms with Gasteiger partial charge in [0.15, 0.2) is 0 Å². The first-order valence-electron chi connectivity index (χ1n) is 7.05. The van der Waals surface area contributed by atoms with E-state index >= 15 is 0 Å². The van der Waals surface area contributed by atoms with Gasteiger partial charge in [0.1, 0.15) is 11.8 Å². The van der Waals surface area contributed by atoms with Gasteiger partial charge in [-0.25, -0.2) is 0 Å². The number of nitrogens with two attached hydrogens (primary N) is 1. The molecule has 21 heavy (non-hydrogen) atoms. The average Bonchev–Trinajstić information content (AvgIpc) is 2.53. The van der Waals surface area contributed by atoms with Crippen LogP contribution in [-0.2, 0) is 4.79 Å². The van der Waals surface area contributed by atoms with E-state index in [1.54, 1.807) is 6.07 Å². The quantitative estimate of drug-likeness (QED) is 0.856. The fraction of sp³-hybridized carbons (Fsp3) is 0.235. The molecule has 0 spiro atoms. The van der Waals surface area contributed by atoms with Gasteiger partial charge in [0.25, 0.3) is 0 Å². The van der Waals surface area contributed by atoms with Gasteiger partial charge in [-0.1, -0.05) is 43.3 Å². The second-order valence-electron chi connectivity index (χ2n) is 4.75. The minimum absolute atomic E-state index is 0.242. The van der Waals surface area contributed by atoms with Crippen molar-refractivity contribution >= 4 is 11.6 Å². The van der Waals surface area contributed by atoms with E-state index in [9.17, 15) is 4.79 Å². The maximum atomic E-state index is 12.2. The number of rotatable bonds is 6. The summed E-state index contributed by atoms with van der Waals surface area (Å²) in [5, 5.41) is 2.81. The Hall–Kier alpha value is -2.33. The lowest BCUT2D eigenvalue weighted by molar-refractivity contribution is -0.117. The molecule has 2 rings (SSSR count). The van der Waals surface area contributed by atoms with Crippen molar-refractivity contribution in [3.8, 4) is 5.75 Å². The Kier molecular flexibility index (Phi) is 5.35. The molecule has 3 N–H and O–H groups in total. The summed E-state index contributed by atoms with van der Waals surface area (Å²) in [4.78, 5) is 12.2. The Bertz CT molecular complexity index is 584. The largest absolute Gasteiger partial charge is 0.494 e. The summed E-state index contributed by atoms with van der Waals surface area (Å²) in [5.41, 5.74) is 7.43. The van der Waals surface area contributed by atoms with Gasteiger partial charge in [-0.2, -0.15) is 0 Å². The Morgan fingerprint density at radius 3 is 2.67 bits per heavy atom. The molecule has 0 aliphatic carbocycles. The Morgan fingerprint density at radius 1 is 1.19 bits per heavy atom.